The lowest BCUT2D eigenvalue weighted by atomic mass is 10.1. The molecule has 0 bridgehead atoms. The SMILES string of the molecule is CCn1ncc(Cl)c1C(O)C1CN(C(C)C)CCO1. The number of halogens is 1. The van der Waals surface area contributed by atoms with Gasteiger partial charge in [-0.1, -0.05) is 11.6 Å². The summed E-state index contributed by atoms with van der Waals surface area (Å²) in [5.74, 6) is 0. The molecule has 0 aliphatic carbocycles. The first kappa shape index (κ1) is 14.8. The van der Waals surface area contributed by atoms with Crippen LogP contribution in [-0.4, -0.2) is 51.6 Å². The number of aliphatic hydroxyl groups excluding tert-OH is 1. The van der Waals surface area contributed by atoms with Crippen molar-refractivity contribution in [2.45, 2.75) is 45.6 Å². The number of hydrogen-bond donors (Lipinski definition) is 1. The summed E-state index contributed by atoms with van der Waals surface area (Å²) >= 11 is 6.12. The average molecular weight is 288 g/mol. The molecule has 0 saturated carbocycles. The molecule has 2 rings (SSSR count). The molecule has 1 aliphatic heterocycles. The number of hydrogen-bond acceptors (Lipinski definition) is 4. The fourth-order valence-corrected chi connectivity index (χ4v) is 2.70. The van der Waals surface area contributed by atoms with E-state index in [0.29, 0.717) is 36.5 Å². The van der Waals surface area contributed by atoms with E-state index in [2.05, 4.69) is 23.8 Å². The van der Waals surface area contributed by atoms with Gasteiger partial charge in [-0.05, 0) is 20.8 Å². The molecule has 2 heterocycles. The van der Waals surface area contributed by atoms with Gasteiger partial charge in [0.15, 0.2) is 0 Å². The zero-order valence-electron chi connectivity index (χ0n) is 11.7. The van der Waals surface area contributed by atoms with Crippen LogP contribution in [0.2, 0.25) is 5.02 Å². The van der Waals surface area contributed by atoms with Crippen LogP contribution in [0.4, 0.5) is 0 Å². The molecule has 1 saturated heterocycles. The van der Waals surface area contributed by atoms with Crippen molar-refractivity contribution in [1.82, 2.24) is 14.7 Å². The van der Waals surface area contributed by atoms with Crippen molar-refractivity contribution in [2.24, 2.45) is 0 Å². The number of aromatic nitrogens is 2. The van der Waals surface area contributed by atoms with Crippen molar-refractivity contribution in [3.8, 4) is 0 Å². The van der Waals surface area contributed by atoms with Crippen LogP contribution in [0, 0.1) is 0 Å². The van der Waals surface area contributed by atoms with Gasteiger partial charge in [0.1, 0.15) is 12.2 Å². The van der Waals surface area contributed by atoms with Crippen molar-refractivity contribution >= 4 is 11.6 Å². The van der Waals surface area contributed by atoms with E-state index in [9.17, 15) is 5.11 Å². The highest BCUT2D eigenvalue weighted by atomic mass is 35.5. The second-order valence-electron chi connectivity index (χ2n) is 5.14. The molecule has 5 nitrogen and oxygen atoms in total. The Morgan fingerprint density at radius 2 is 2.32 bits per heavy atom. The van der Waals surface area contributed by atoms with E-state index in [4.69, 9.17) is 16.3 Å². The molecule has 19 heavy (non-hydrogen) atoms. The molecule has 2 atom stereocenters. The predicted octanol–water partition coefficient (Wildman–Crippen LogP) is 1.70. The molecular weight excluding hydrogens is 266 g/mol. The van der Waals surface area contributed by atoms with E-state index in [1.807, 2.05) is 6.92 Å². The topological polar surface area (TPSA) is 50.5 Å². The Bertz CT molecular complexity index is 422. The van der Waals surface area contributed by atoms with Crippen LogP contribution in [0.15, 0.2) is 6.20 Å². The molecule has 1 N–H and O–H groups in total. The summed E-state index contributed by atoms with van der Waals surface area (Å²) < 4.78 is 7.43. The maximum atomic E-state index is 10.5. The molecule has 108 valence electrons. The van der Waals surface area contributed by atoms with Gasteiger partial charge in [0, 0.05) is 25.7 Å². The number of morpholine rings is 1. The van der Waals surface area contributed by atoms with Crippen LogP contribution in [-0.2, 0) is 11.3 Å². The second-order valence-corrected chi connectivity index (χ2v) is 5.54. The zero-order valence-corrected chi connectivity index (χ0v) is 12.5. The Morgan fingerprint density at radius 3 is 2.95 bits per heavy atom. The Labute approximate surface area is 119 Å². The molecular formula is C13H22ClN3O2. The van der Waals surface area contributed by atoms with E-state index < -0.39 is 6.10 Å². The third-order valence-corrected chi connectivity index (χ3v) is 3.91. The predicted molar refractivity (Wildman–Crippen MR) is 74.3 cm³/mol. The van der Waals surface area contributed by atoms with Crippen molar-refractivity contribution in [2.75, 3.05) is 19.7 Å². The fourth-order valence-electron chi connectivity index (χ4n) is 2.45. The number of nitrogens with zero attached hydrogens (tertiary/aromatic N) is 3. The highest BCUT2D eigenvalue weighted by molar-refractivity contribution is 6.31. The maximum Gasteiger partial charge on any atom is 0.124 e. The first-order chi connectivity index (χ1) is 9.04. The van der Waals surface area contributed by atoms with Crippen LogP contribution in [0.1, 0.15) is 32.6 Å². The van der Waals surface area contributed by atoms with Crippen molar-refractivity contribution in [1.29, 1.82) is 0 Å². The molecule has 1 aliphatic rings. The molecule has 0 amide bonds. The smallest absolute Gasteiger partial charge is 0.124 e. The largest absolute Gasteiger partial charge is 0.384 e. The van der Waals surface area contributed by atoms with Gasteiger partial charge >= 0.3 is 0 Å². The average Bonchev–Trinajstić information content (AvgIpc) is 2.79. The summed E-state index contributed by atoms with van der Waals surface area (Å²) in [7, 11) is 0. The van der Waals surface area contributed by atoms with E-state index in [-0.39, 0.29) is 6.10 Å². The molecule has 6 heteroatoms. The quantitative estimate of drug-likeness (QED) is 0.916. The third-order valence-electron chi connectivity index (χ3n) is 3.62. The van der Waals surface area contributed by atoms with Crippen LogP contribution >= 0.6 is 11.6 Å². The lowest BCUT2D eigenvalue weighted by Gasteiger charge is -2.37. The lowest BCUT2D eigenvalue weighted by molar-refractivity contribution is -0.0982. The Morgan fingerprint density at radius 1 is 1.58 bits per heavy atom. The normalized spacial score (nSPS) is 22.9. The summed E-state index contributed by atoms with van der Waals surface area (Å²) in [5.41, 5.74) is 0.653. The maximum absolute atomic E-state index is 10.5. The van der Waals surface area contributed by atoms with Gasteiger partial charge in [-0.15, -0.1) is 0 Å². The molecule has 0 radical (unpaired) electrons. The summed E-state index contributed by atoms with van der Waals surface area (Å²) in [6, 6.07) is 0.449. The van der Waals surface area contributed by atoms with Crippen LogP contribution < -0.4 is 0 Å². The van der Waals surface area contributed by atoms with Gasteiger partial charge in [0.05, 0.1) is 23.5 Å². The monoisotopic (exact) mass is 287 g/mol. The Kier molecular flexibility index (Phi) is 4.84. The molecule has 1 aromatic heterocycles. The minimum atomic E-state index is -0.739. The van der Waals surface area contributed by atoms with Gasteiger partial charge in [0.2, 0.25) is 0 Å². The summed E-state index contributed by atoms with van der Waals surface area (Å²) in [5, 5.41) is 15.2. The van der Waals surface area contributed by atoms with E-state index in [1.165, 1.54) is 0 Å². The molecule has 1 fully saturated rings. The second kappa shape index (κ2) is 6.22. The van der Waals surface area contributed by atoms with Crippen LogP contribution in [0.25, 0.3) is 0 Å². The number of ether oxygens (including phenoxy) is 1. The number of aryl methyl sites for hydroxylation is 1. The Hall–Kier alpha value is -0.620. The first-order valence-corrected chi connectivity index (χ1v) is 7.17. The van der Waals surface area contributed by atoms with E-state index in [1.54, 1.807) is 10.9 Å². The van der Waals surface area contributed by atoms with Gasteiger partial charge in [-0.2, -0.15) is 5.10 Å². The van der Waals surface area contributed by atoms with Gasteiger partial charge in [-0.3, -0.25) is 9.58 Å². The number of rotatable bonds is 4. The number of aliphatic hydroxyl groups is 1. The minimum absolute atomic E-state index is 0.254. The van der Waals surface area contributed by atoms with E-state index in [0.717, 1.165) is 6.54 Å². The van der Waals surface area contributed by atoms with E-state index >= 15 is 0 Å². The molecule has 1 aromatic rings. The van der Waals surface area contributed by atoms with Crippen molar-refractivity contribution in [3.63, 3.8) is 0 Å². The highest BCUT2D eigenvalue weighted by Crippen LogP contribution is 2.28. The summed E-state index contributed by atoms with van der Waals surface area (Å²) in [4.78, 5) is 2.30. The summed E-state index contributed by atoms with van der Waals surface area (Å²) in [6.07, 6.45) is 0.583. The first-order valence-electron chi connectivity index (χ1n) is 6.79. The van der Waals surface area contributed by atoms with Crippen LogP contribution in [0.5, 0.6) is 0 Å². The van der Waals surface area contributed by atoms with Gasteiger partial charge in [0.25, 0.3) is 0 Å². The highest BCUT2D eigenvalue weighted by Gasteiger charge is 2.32. The molecule has 2 unspecified atom stereocenters. The lowest BCUT2D eigenvalue weighted by Crippen LogP contribution is -2.48. The standard InChI is InChI=1S/C13H22ClN3O2/c1-4-17-12(10(14)7-15-17)13(18)11-8-16(9(2)3)5-6-19-11/h7,9,11,13,18H,4-6,8H2,1-3H3. The molecule has 0 aromatic carbocycles. The third kappa shape index (κ3) is 3.11. The minimum Gasteiger partial charge on any atom is -0.384 e. The van der Waals surface area contributed by atoms with Crippen molar-refractivity contribution < 1.29 is 9.84 Å². The van der Waals surface area contributed by atoms with Crippen molar-refractivity contribution in [3.05, 3.63) is 16.9 Å². The van der Waals surface area contributed by atoms with Crippen LogP contribution in [0.3, 0.4) is 0 Å². The van der Waals surface area contributed by atoms with Gasteiger partial charge < -0.3 is 9.84 Å². The zero-order chi connectivity index (χ0) is 14.0. The Balaban J connectivity index is 2.14. The summed E-state index contributed by atoms with van der Waals surface area (Å²) in [6.45, 7) is 9.21. The van der Waals surface area contributed by atoms with Gasteiger partial charge in [-0.25, -0.2) is 0 Å². The fraction of sp³-hybridized carbons (Fsp3) is 0.769. The molecule has 0 spiro atoms.